The molecule has 152 valence electrons. The number of hydrogen-bond acceptors (Lipinski definition) is 5. The van der Waals surface area contributed by atoms with Crippen molar-refractivity contribution in [3.63, 3.8) is 0 Å². The lowest BCUT2D eigenvalue weighted by atomic mass is 10.2. The lowest BCUT2D eigenvalue weighted by molar-refractivity contribution is -0.154. The number of hydrogen-bond donors (Lipinski definition) is 0. The molecule has 0 amide bonds. The average molecular weight is 450 g/mol. The first-order valence-corrected chi connectivity index (χ1v) is 12.9. The van der Waals surface area contributed by atoms with Crippen molar-refractivity contribution in [1.82, 2.24) is 14.8 Å². The monoisotopic (exact) mass is 449 g/mol. The molecule has 27 heavy (non-hydrogen) atoms. The zero-order chi connectivity index (χ0) is 20.6. The average Bonchev–Trinajstić information content (AvgIpc) is 3.06. The summed E-state index contributed by atoms with van der Waals surface area (Å²) in [5.41, 5.74) is -1.68. The van der Waals surface area contributed by atoms with E-state index in [2.05, 4.69) is 34.5 Å². The van der Waals surface area contributed by atoms with Gasteiger partial charge < -0.3 is 4.74 Å². The summed E-state index contributed by atoms with van der Waals surface area (Å²) in [7, 11) is -0.493. The summed E-state index contributed by atoms with van der Waals surface area (Å²) in [4.78, 5) is 4.20. The summed E-state index contributed by atoms with van der Waals surface area (Å²) in [6.07, 6.45) is -7.78. The molecule has 2 aromatic heterocycles. The Morgan fingerprint density at radius 3 is 2.30 bits per heavy atom. The predicted octanol–water partition coefficient (Wildman–Crippen LogP) is 4.67. The fraction of sp³-hybridized carbons (Fsp3) is 0.571. The third-order valence-corrected chi connectivity index (χ3v) is 9.04. The molecule has 0 saturated carbocycles. The second-order valence-corrected chi connectivity index (χ2v) is 14.3. The minimum atomic E-state index is -4.81. The highest BCUT2D eigenvalue weighted by molar-refractivity contribution is 8.00. The van der Waals surface area contributed by atoms with Crippen LogP contribution in [0.2, 0.25) is 19.6 Å². The number of aryl methyl sites for hydroxylation is 1. The fourth-order valence-corrected chi connectivity index (χ4v) is 5.97. The van der Waals surface area contributed by atoms with E-state index in [9.17, 15) is 26.3 Å². The van der Waals surface area contributed by atoms with Gasteiger partial charge in [-0.05, 0) is 0 Å². The maximum absolute atomic E-state index is 13.2. The van der Waals surface area contributed by atoms with E-state index < -0.39 is 44.2 Å². The number of rotatable bonds is 6. The number of halogens is 6. The Morgan fingerprint density at radius 2 is 1.81 bits per heavy atom. The van der Waals surface area contributed by atoms with Gasteiger partial charge in [0.05, 0.1) is 13.6 Å². The van der Waals surface area contributed by atoms with Crippen LogP contribution in [0.4, 0.5) is 26.3 Å². The smallest absolute Gasteiger partial charge is 0.435 e. The van der Waals surface area contributed by atoms with Crippen molar-refractivity contribution < 1.29 is 31.1 Å². The van der Waals surface area contributed by atoms with Crippen molar-refractivity contribution >= 4 is 35.7 Å². The van der Waals surface area contributed by atoms with Crippen molar-refractivity contribution in [3.8, 4) is 5.88 Å². The highest BCUT2D eigenvalue weighted by Gasteiger charge is 2.40. The van der Waals surface area contributed by atoms with Crippen LogP contribution < -0.4 is 9.24 Å². The summed E-state index contributed by atoms with van der Waals surface area (Å²) in [6, 6.07) is 0. The number of thioether (sulfide) groups is 1. The highest BCUT2D eigenvalue weighted by Crippen LogP contribution is 2.39. The first-order chi connectivity index (χ1) is 12.2. The van der Waals surface area contributed by atoms with Crippen molar-refractivity contribution in [3.05, 3.63) is 17.5 Å². The van der Waals surface area contributed by atoms with Crippen LogP contribution in [0.3, 0.4) is 0 Å². The van der Waals surface area contributed by atoms with E-state index in [1.165, 1.54) is 11.3 Å². The summed E-state index contributed by atoms with van der Waals surface area (Å²) >= 11 is 2.40. The Kier molecular flexibility index (Phi) is 6.26. The van der Waals surface area contributed by atoms with Crippen LogP contribution in [0.5, 0.6) is 5.88 Å². The van der Waals surface area contributed by atoms with Gasteiger partial charge in [0.1, 0.15) is 4.34 Å². The van der Waals surface area contributed by atoms with Gasteiger partial charge in [0.15, 0.2) is 12.3 Å². The number of thiazole rings is 1. The molecule has 0 radical (unpaired) electrons. The first-order valence-electron chi connectivity index (χ1n) is 7.60. The number of ether oxygens (including phenoxy) is 1. The van der Waals surface area contributed by atoms with Crippen LogP contribution in [0.1, 0.15) is 11.3 Å². The third-order valence-electron chi connectivity index (χ3n) is 3.29. The molecule has 0 atom stereocenters. The van der Waals surface area contributed by atoms with E-state index in [-0.39, 0.29) is 5.75 Å². The van der Waals surface area contributed by atoms with Crippen molar-refractivity contribution in [2.75, 3.05) is 6.61 Å². The molecule has 2 rings (SSSR count). The van der Waals surface area contributed by atoms with E-state index in [0.29, 0.717) is 9.02 Å². The fourth-order valence-electron chi connectivity index (χ4n) is 2.05. The zero-order valence-corrected chi connectivity index (χ0v) is 17.5. The minimum Gasteiger partial charge on any atom is -0.468 e. The predicted molar refractivity (Wildman–Crippen MR) is 94.4 cm³/mol. The maximum Gasteiger partial charge on any atom is 0.435 e. The van der Waals surface area contributed by atoms with Gasteiger partial charge in [-0.25, -0.2) is 9.67 Å². The van der Waals surface area contributed by atoms with E-state index in [4.69, 9.17) is 0 Å². The van der Waals surface area contributed by atoms with Crippen molar-refractivity contribution in [2.24, 2.45) is 7.05 Å². The minimum absolute atomic E-state index is 0.255. The normalized spacial score (nSPS) is 13.3. The standard InChI is InChI=1S/C14H17F6N3OS2Si/c1-23-11(24-7-13(15,16)17)8(10(22-23)14(18,19)20)6-25-12-21-5-9(26-12)27(2,3)4/h5H,6-7H2,1-4H3. The van der Waals surface area contributed by atoms with Crippen LogP contribution in [-0.4, -0.2) is 35.6 Å². The number of aromatic nitrogens is 3. The van der Waals surface area contributed by atoms with Crippen LogP contribution in [0, 0.1) is 0 Å². The summed E-state index contributed by atoms with van der Waals surface area (Å²) in [5, 5.41) is 3.32. The molecule has 2 aromatic rings. The Balaban J connectivity index is 2.28. The van der Waals surface area contributed by atoms with Crippen molar-refractivity contribution in [1.29, 1.82) is 0 Å². The molecule has 0 unspecified atom stereocenters. The maximum atomic E-state index is 13.2. The molecular weight excluding hydrogens is 432 g/mol. The van der Waals surface area contributed by atoms with E-state index in [0.717, 1.165) is 23.3 Å². The summed E-state index contributed by atoms with van der Waals surface area (Å²) in [6.45, 7) is 4.64. The van der Waals surface area contributed by atoms with Gasteiger partial charge in [0.25, 0.3) is 0 Å². The number of nitrogens with zero attached hydrogens (tertiary/aromatic N) is 3. The Morgan fingerprint density at radius 1 is 1.19 bits per heavy atom. The van der Waals surface area contributed by atoms with Gasteiger partial charge in [-0.15, -0.1) is 11.3 Å². The summed E-state index contributed by atoms with van der Waals surface area (Å²) < 4.78 is 83.9. The van der Waals surface area contributed by atoms with E-state index in [1.54, 1.807) is 6.20 Å². The van der Waals surface area contributed by atoms with E-state index in [1.807, 2.05) is 0 Å². The Bertz CT molecular complexity index is 794. The largest absolute Gasteiger partial charge is 0.468 e. The third kappa shape index (κ3) is 5.88. The van der Waals surface area contributed by atoms with Gasteiger partial charge in [0, 0.05) is 23.5 Å². The topological polar surface area (TPSA) is 39.9 Å². The zero-order valence-electron chi connectivity index (χ0n) is 14.8. The molecule has 0 bridgehead atoms. The van der Waals surface area contributed by atoms with E-state index >= 15 is 0 Å². The quantitative estimate of drug-likeness (QED) is 0.365. The molecule has 0 fully saturated rings. The molecule has 0 aliphatic rings. The molecule has 0 saturated heterocycles. The molecule has 13 heteroatoms. The molecule has 0 aromatic carbocycles. The lowest BCUT2D eigenvalue weighted by Gasteiger charge is -2.12. The molecule has 0 spiro atoms. The molecule has 2 heterocycles. The molecule has 0 N–H and O–H groups in total. The summed E-state index contributed by atoms with van der Waals surface area (Å²) in [5.74, 6) is -0.803. The van der Waals surface area contributed by atoms with Gasteiger partial charge in [-0.2, -0.15) is 31.4 Å². The lowest BCUT2D eigenvalue weighted by Crippen LogP contribution is -2.34. The van der Waals surface area contributed by atoms with Gasteiger partial charge >= 0.3 is 12.4 Å². The number of alkyl halides is 6. The highest BCUT2D eigenvalue weighted by atomic mass is 32.2. The second-order valence-electron chi connectivity index (χ2n) is 6.69. The SMILES string of the molecule is Cn1nc(C(F)(F)F)c(CSc2ncc([Si](C)(C)C)s2)c1OCC(F)(F)F. The molecular formula is C14H17F6N3OS2Si. The second kappa shape index (κ2) is 7.66. The van der Waals surface area contributed by atoms with Gasteiger partial charge in [0.2, 0.25) is 5.88 Å². The van der Waals surface area contributed by atoms with Gasteiger partial charge in [-0.3, -0.25) is 0 Å². The van der Waals surface area contributed by atoms with Gasteiger partial charge in [-0.1, -0.05) is 31.4 Å². The molecule has 0 aliphatic carbocycles. The Hall–Kier alpha value is -1.21. The van der Waals surface area contributed by atoms with Crippen LogP contribution in [-0.2, 0) is 19.0 Å². The first kappa shape index (κ1) is 22.1. The van der Waals surface area contributed by atoms with Crippen LogP contribution in [0.25, 0.3) is 0 Å². The van der Waals surface area contributed by atoms with Crippen LogP contribution in [0.15, 0.2) is 10.5 Å². The van der Waals surface area contributed by atoms with Crippen molar-refractivity contribution in [2.45, 2.75) is 42.1 Å². The molecule has 4 nitrogen and oxygen atoms in total. The van der Waals surface area contributed by atoms with Crippen LogP contribution >= 0.6 is 23.1 Å². The Labute approximate surface area is 160 Å². The molecule has 0 aliphatic heterocycles.